The largest absolute Gasteiger partial charge is 0.0636 e. The van der Waals surface area contributed by atoms with E-state index in [1.165, 1.54) is 0 Å². The second-order valence-electron chi connectivity index (χ2n) is 9.83. The SMILES string of the molecule is [2H]c1cc2c([2H])c([2H])c([2H])c([2H])c2c(-c2c3c([2H])c([2H])c([2H])c([2H])c3c(-c3c([2H])c([2H])c(-c4c([2H])c([2H])c5c([2H])c([2H])c([2H])c([2H])c5c4[2H])c([2H])c3[2H])c3c([2H])c([2H])c(-c4c([2H])c([2H])c([2H])c([2H])c4[2H])c([2H])c23)c1[2H]. The molecular weight excluding hydrogens is 553 g/mol. The summed E-state index contributed by atoms with van der Waals surface area (Å²) in [7, 11) is 0. The van der Waals surface area contributed by atoms with Crippen LogP contribution in [0, 0.1) is 0 Å². The van der Waals surface area contributed by atoms with E-state index in [4.69, 9.17) is 26.0 Å². The van der Waals surface area contributed by atoms with Crippen LogP contribution in [0.4, 0.5) is 0 Å². The fourth-order valence-electron chi connectivity index (χ4n) is 5.25. The number of benzene rings is 9. The molecule has 0 spiro atoms. The molecule has 9 aromatic rings. The smallest absolute Gasteiger partial charge is 0.0622 e. The van der Waals surface area contributed by atoms with Gasteiger partial charge in [0.1, 0.15) is 0 Å². The molecule has 9 aromatic carbocycles. The van der Waals surface area contributed by atoms with E-state index in [9.17, 15) is 13.7 Å². The molecule has 0 aliphatic carbocycles. The molecule has 46 heavy (non-hydrogen) atoms. The molecule has 0 atom stereocenters. The summed E-state index contributed by atoms with van der Waals surface area (Å²) in [5.74, 6) is 0. The summed E-state index contributed by atoms with van der Waals surface area (Å²) in [5.41, 5.74) is -6.58. The lowest BCUT2D eigenvalue weighted by atomic mass is 9.83. The van der Waals surface area contributed by atoms with Gasteiger partial charge in [-0.15, -0.1) is 0 Å². The normalized spacial score (nSPS) is 20.3. The number of hydrogen-bond acceptors (Lipinski definition) is 0. The maximum absolute atomic E-state index is 10.0. The summed E-state index contributed by atoms with van der Waals surface area (Å²) in [6, 6.07) is -26.7. The van der Waals surface area contributed by atoms with Crippen molar-refractivity contribution in [2.45, 2.75) is 0 Å². The third kappa shape index (κ3) is 4.38. The zero-order valence-electron chi connectivity index (χ0n) is 52.1. The van der Waals surface area contributed by atoms with Crippen LogP contribution in [0.2, 0.25) is 0 Å². The summed E-state index contributed by atoms with van der Waals surface area (Å²) < 4.78 is 261. The van der Waals surface area contributed by atoms with E-state index >= 15 is 0 Å². The molecule has 9 rings (SSSR count). The Morgan fingerprint density at radius 3 is 1.63 bits per heavy atom. The van der Waals surface area contributed by atoms with E-state index in [0.29, 0.717) is 0 Å². The van der Waals surface area contributed by atoms with E-state index in [-0.39, 0.29) is 0 Å². The van der Waals surface area contributed by atoms with Gasteiger partial charge in [0.05, 0.1) is 39.8 Å². The van der Waals surface area contributed by atoms with Crippen LogP contribution in [-0.2, 0) is 0 Å². The first-order chi connectivity index (χ1) is 34.9. The molecule has 0 saturated heterocycles. The van der Waals surface area contributed by atoms with Crippen molar-refractivity contribution >= 4 is 43.1 Å². The standard InChI is InChI=1S/C46H30/c1-2-11-31(12-3-1)38-27-28-43-44(30-38)46(40-20-10-16-34-14-6-7-17-39(34)40)42-19-9-8-18-41(42)45(43)35-24-21-33(22-25-35)37-26-23-32-13-4-5-15-36(32)29-37/h1-30H/i1D,2D,3D,4D,5D,6D,7D,8D,9D,10D,11D,12D,13D,14D,15D,17D,18D,19D,20D,21D,22D,23D,24D,25D,26D,27D,28D,29D,30D. The van der Waals surface area contributed by atoms with Crippen LogP contribution in [0.5, 0.6) is 0 Å². The fourth-order valence-corrected chi connectivity index (χ4v) is 5.25. The Morgan fingerprint density at radius 2 is 0.826 bits per heavy atom. The van der Waals surface area contributed by atoms with E-state index in [0.717, 1.165) is 6.07 Å². The van der Waals surface area contributed by atoms with Crippen LogP contribution < -0.4 is 0 Å². The first-order valence-corrected chi connectivity index (χ1v) is 13.6. The van der Waals surface area contributed by atoms with Crippen molar-refractivity contribution in [3.8, 4) is 44.5 Å². The third-order valence-corrected chi connectivity index (χ3v) is 7.26. The topological polar surface area (TPSA) is 0 Å². The Kier molecular flexibility index (Phi) is 2.43. The van der Waals surface area contributed by atoms with Crippen LogP contribution in [0.3, 0.4) is 0 Å². The van der Waals surface area contributed by atoms with Crippen molar-refractivity contribution in [2.24, 2.45) is 0 Å². The van der Waals surface area contributed by atoms with Gasteiger partial charge >= 0.3 is 0 Å². The van der Waals surface area contributed by atoms with Crippen molar-refractivity contribution in [3.63, 3.8) is 0 Å². The first-order valence-electron chi connectivity index (χ1n) is 28.1. The monoisotopic (exact) mass is 611 g/mol. The molecule has 0 saturated carbocycles. The molecule has 214 valence electrons. The van der Waals surface area contributed by atoms with Crippen molar-refractivity contribution < 1.29 is 39.8 Å². The molecule has 0 radical (unpaired) electrons. The number of rotatable bonds is 4. The highest BCUT2D eigenvalue weighted by atomic mass is 14.2. The predicted octanol–water partition coefficient (Wildman–Crippen LogP) is 13.0. The van der Waals surface area contributed by atoms with Gasteiger partial charge in [-0.2, -0.15) is 0 Å². The Morgan fingerprint density at radius 1 is 0.283 bits per heavy atom. The Balaban J connectivity index is 1.62. The molecule has 0 heterocycles. The molecule has 0 N–H and O–H groups in total. The predicted molar refractivity (Wildman–Crippen MR) is 198 cm³/mol. The highest BCUT2D eigenvalue weighted by Crippen LogP contribution is 2.46. The second kappa shape index (κ2) is 10.9. The quantitative estimate of drug-likeness (QED) is 0.174. The molecule has 0 aliphatic rings. The summed E-state index contributed by atoms with van der Waals surface area (Å²) in [5, 5.41) is -5.36. The van der Waals surface area contributed by atoms with Crippen LogP contribution in [0.25, 0.3) is 87.6 Å². The molecular formula is C46H30. The zero-order valence-corrected chi connectivity index (χ0v) is 23.1. The molecule has 0 aromatic heterocycles. The molecule has 0 aliphatic heterocycles. The lowest BCUT2D eigenvalue weighted by Crippen LogP contribution is -1.92. The summed E-state index contributed by atoms with van der Waals surface area (Å²) >= 11 is 0. The van der Waals surface area contributed by atoms with Crippen molar-refractivity contribution in [1.82, 2.24) is 0 Å². The minimum absolute atomic E-state index is 0.415. The minimum atomic E-state index is -1.14. The average Bonchev–Trinajstić information content (AvgIpc) is 3.39. The lowest BCUT2D eigenvalue weighted by molar-refractivity contribution is 1.62. The van der Waals surface area contributed by atoms with E-state index in [2.05, 4.69) is 0 Å². The molecule has 0 unspecified atom stereocenters. The lowest BCUT2D eigenvalue weighted by Gasteiger charge is -2.20. The molecule has 0 amide bonds. The van der Waals surface area contributed by atoms with Gasteiger partial charge in [0.2, 0.25) is 0 Å². The summed E-state index contributed by atoms with van der Waals surface area (Å²) in [6.45, 7) is 0. The van der Waals surface area contributed by atoms with Gasteiger partial charge in [-0.05, 0) is 99.7 Å². The highest BCUT2D eigenvalue weighted by molar-refractivity contribution is 6.24. The average molecular weight is 612 g/mol. The van der Waals surface area contributed by atoms with Crippen LogP contribution >= 0.6 is 0 Å². The van der Waals surface area contributed by atoms with Gasteiger partial charge in [-0.1, -0.05) is 169 Å². The maximum Gasteiger partial charge on any atom is 0.0636 e. The van der Waals surface area contributed by atoms with Crippen molar-refractivity contribution in [1.29, 1.82) is 0 Å². The number of fused-ring (bicyclic) bond motifs is 4. The Hall–Kier alpha value is -5.98. The Labute approximate surface area is 309 Å². The third-order valence-electron chi connectivity index (χ3n) is 7.26. The summed E-state index contributed by atoms with van der Waals surface area (Å²) in [4.78, 5) is 0. The fraction of sp³-hybridized carbons (Fsp3) is 0. The van der Waals surface area contributed by atoms with Crippen LogP contribution in [0.1, 0.15) is 39.8 Å². The first kappa shape index (κ1) is 10.3. The van der Waals surface area contributed by atoms with Gasteiger partial charge in [-0.25, -0.2) is 0 Å². The van der Waals surface area contributed by atoms with Crippen LogP contribution in [-0.4, -0.2) is 0 Å². The van der Waals surface area contributed by atoms with E-state index in [1.54, 1.807) is 0 Å². The van der Waals surface area contributed by atoms with Gasteiger partial charge in [0.25, 0.3) is 0 Å². The molecule has 0 heteroatoms. The molecule has 0 bridgehead atoms. The van der Waals surface area contributed by atoms with E-state index < -0.39 is 263 Å². The summed E-state index contributed by atoms with van der Waals surface area (Å²) in [6.07, 6.45) is 0. The molecule has 0 fully saturated rings. The van der Waals surface area contributed by atoms with Gasteiger partial charge < -0.3 is 0 Å². The van der Waals surface area contributed by atoms with Crippen LogP contribution in [0.15, 0.2) is 181 Å². The zero-order chi connectivity index (χ0) is 55.7. The highest BCUT2D eigenvalue weighted by Gasteiger charge is 2.19. The van der Waals surface area contributed by atoms with Gasteiger partial charge in [-0.3, -0.25) is 0 Å². The van der Waals surface area contributed by atoms with Crippen molar-refractivity contribution in [2.75, 3.05) is 0 Å². The Bertz CT molecular complexity index is 4160. The maximum atomic E-state index is 10.0. The van der Waals surface area contributed by atoms with Crippen molar-refractivity contribution in [3.05, 3.63) is 181 Å². The van der Waals surface area contributed by atoms with E-state index in [1.807, 2.05) is 0 Å². The molecule has 0 nitrogen and oxygen atoms in total. The van der Waals surface area contributed by atoms with Gasteiger partial charge in [0, 0.05) is 0 Å². The number of hydrogen-bond donors (Lipinski definition) is 0. The van der Waals surface area contributed by atoms with Gasteiger partial charge in [0.15, 0.2) is 0 Å². The second-order valence-corrected chi connectivity index (χ2v) is 9.83. The minimum Gasteiger partial charge on any atom is -0.0622 e.